The van der Waals surface area contributed by atoms with Crippen molar-refractivity contribution < 1.29 is 13.6 Å². The fraction of sp³-hybridized carbons (Fsp3) is 0. The SMILES string of the molecule is O=CNc1c(F)cc(F)cc1Br. The third kappa shape index (κ3) is 1.79. The van der Waals surface area contributed by atoms with Crippen molar-refractivity contribution in [1.29, 1.82) is 0 Å². The van der Waals surface area contributed by atoms with Gasteiger partial charge in [0.05, 0.1) is 5.69 Å². The first-order valence-corrected chi connectivity index (χ1v) is 3.79. The van der Waals surface area contributed by atoms with E-state index in [4.69, 9.17) is 0 Å². The summed E-state index contributed by atoms with van der Waals surface area (Å²) in [6.07, 6.45) is 0.321. The lowest BCUT2D eigenvalue weighted by atomic mass is 10.3. The Morgan fingerprint density at radius 2 is 2.08 bits per heavy atom. The summed E-state index contributed by atoms with van der Waals surface area (Å²) in [5.41, 5.74) is -0.0635. The highest BCUT2D eigenvalue weighted by Crippen LogP contribution is 2.25. The van der Waals surface area contributed by atoms with Gasteiger partial charge in [0, 0.05) is 10.5 Å². The summed E-state index contributed by atoms with van der Waals surface area (Å²) in [7, 11) is 0. The fourth-order valence-corrected chi connectivity index (χ4v) is 1.26. The van der Waals surface area contributed by atoms with E-state index in [1.165, 1.54) is 0 Å². The van der Waals surface area contributed by atoms with Crippen molar-refractivity contribution in [2.45, 2.75) is 0 Å². The van der Waals surface area contributed by atoms with E-state index in [9.17, 15) is 13.6 Å². The van der Waals surface area contributed by atoms with Crippen LogP contribution in [-0.4, -0.2) is 6.41 Å². The van der Waals surface area contributed by atoms with E-state index in [-0.39, 0.29) is 10.2 Å². The van der Waals surface area contributed by atoms with Crippen molar-refractivity contribution in [3.05, 3.63) is 28.2 Å². The molecule has 0 fully saturated rings. The van der Waals surface area contributed by atoms with Crippen LogP contribution < -0.4 is 5.32 Å². The summed E-state index contributed by atoms with van der Waals surface area (Å²) in [4.78, 5) is 9.97. The highest BCUT2D eigenvalue weighted by Gasteiger charge is 2.07. The lowest BCUT2D eigenvalue weighted by Crippen LogP contribution is -1.98. The van der Waals surface area contributed by atoms with Gasteiger partial charge in [0.1, 0.15) is 5.82 Å². The predicted molar refractivity (Wildman–Crippen MR) is 43.7 cm³/mol. The number of nitrogens with one attached hydrogen (secondary N) is 1. The van der Waals surface area contributed by atoms with E-state index in [1.807, 2.05) is 0 Å². The quantitative estimate of drug-likeness (QED) is 0.784. The Balaban J connectivity index is 3.18. The van der Waals surface area contributed by atoms with E-state index in [2.05, 4.69) is 21.2 Å². The Bertz CT molecular complexity index is 293. The van der Waals surface area contributed by atoms with Crippen molar-refractivity contribution in [3.8, 4) is 0 Å². The van der Waals surface area contributed by atoms with Gasteiger partial charge in [-0.1, -0.05) is 0 Å². The second-order valence-electron chi connectivity index (χ2n) is 2.01. The summed E-state index contributed by atoms with van der Waals surface area (Å²) in [5, 5.41) is 2.10. The zero-order valence-corrected chi connectivity index (χ0v) is 7.36. The van der Waals surface area contributed by atoms with Gasteiger partial charge < -0.3 is 5.32 Å². The molecule has 12 heavy (non-hydrogen) atoms. The molecule has 2 nitrogen and oxygen atoms in total. The summed E-state index contributed by atoms with van der Waals surface area (Å²) in [6, 6.07) is 1.76. The standard InChI is InChI=1S/C7H4BrF2NO/c8-5-1-4(9)2-6(10)7(5)11-3-12/h1-3H,(H,11,12). The zero-order valence-electron chi connectivity index (χ0n) is 5.77. The van der Waals surface area contributed by atoms with E-state index in [0.29, 0.717) is 12.5 Å². The summed E-state index contributed by atoms with van der Waals surface area (Å²) >= 11 is 2.90. The van der Waals surface area contributed by atoms with Crippen molar-refractivity contribution in [1.82, 2.24) is 0 Å². The van der Waals surface area contributed by atoms with Gasteiger partial charge in [-0.15, -0.1) is 0 Å². The maximum Gasteiger partial charge on any atom is 0.211 e. The van der Waals surface area contributed by atoms with Crippen molar-refractivity contribution >= 4 is 28.0 Å². The van der Waals surface area contributed by atoms with Crippen LogP contribution in [0, 0.1) is 11.6 Å². The van der Waals surface area contributed by atoms with Gasteiger partial charge in [-0.25, -0.2) is 8.78 Å². The predicted octanol–water partition coefficient (Wildman–Crippen LogP) is 2.30. The molecule has 5 heteroatoms. The van der Waals surface area contributed by atoms with Gasteiger partial charge in [-0.05, 0) is 22.0 Å². The molecule has 0 bridgehead atoms. The number of anilines is 1. The first-order chi connectivity index (χ1) is 5.65. The second-order valence-corrected chi connectivity index (χ2v) is 2.86. The normalized spacial score (nSPS) is 9.58. The molecule has 0 aromatic heterocycles. The minimum atomic E-state index is -0.811. The molecule has 0 saturated carbocycles. The summed E-state index contributed by atoms with van der Waals surface area (Å²) < 4.78 is 25.4. The topological polar surface area (TPSA) is 29.1 Å². The molecule has 0 aliphatic rings. The molecule has 64 valence electrons. The molecular formula is C7H4BrF2NO. The van der Waals surface area contributed by atoms with Gasteiger partial charge >= 0.3 is 0 Å². The number of rotatable bonds is 2. The zero-order chi connectivity index (χ0) is 9.14. The Kier molecular flexibility index (Phi) is 2.75. The van der Waals surface area contributed by atoms with E-state index >= 15 is 0 Å². The van der Waals surface area contributed by atoms with Crippen LogP contribution in [0.15, 0.2) is 16.6 Å². The smallest absolute Gasteiger partial charge is 0.211 e. The Morgan fingerprint density at radius 1 is 1.42 bits per heavy atom. The molecular weight excluding hydrogens is 232 g/mol. The Labute approximate surface area is 75.7 Å². The van der Waals surface area contributed by atoms with Gasteiger partial charge in [0.15, 0.2) is 5.82 Å². The maximum absolute atomic E-state index is 12.8. The molecule has 0 spiro atoms. The van der Waals surface area contributed by atoms with Gasteiger partial charge in [-0.3, -0.25) is 4.79 Å². The van der Waals surface area contributed by atoms with E-state index < -0.39 is 11.6 Å². The molecule has 0 radical (unpaired) electrons. The molecule has 0 saturated heterocycles. The molecule has 1 rings (SSSR count). The molecule has 0 atom stereocenters. The molecule has 0 heterocycles. The highest BCUT2D eigenvalue weighted by molar-refractivity contribution is 9.10. The Morgan fingerprint density at radius 3 is 2.58 bits per heavy atom. The lowest BCUT2D eigenvalue weighted by Gasteiger charge is -2.03. The van der Waals surface area contributed by atoms with Crippen LogP contribution in [0.1, 0.15) is 0 Å². The monoisotopic (exact) mass is 235 g/mol. The number of amides is 1. The molecule has 0 aliphatic heterocycles. The number of benzene rings is 1. The fourth-order valence-electron chi connectivity index (χ4n) is 0.739. The number of halogens is 3. The highest BCUT2D eigenvalue weighted by atomic mass is 79.9. The van der Waals surface area contributed by atoms with Crippen molar-refractivity contribution in [3.63, 3.8) is 0 Å². The van der Waals surface area contributed by atoms with Crippen LogP contribution in [0.25, 0.3) is 0 Å². The van der Waals surface area contributed by atoms with Crippen molar-refractivity contribution in [2.24, 2.45) is 0 Å². The first-order valence-electron chi connectivity index (χ1n) is 3.00. The molecule has 1 N–H and O–H groups in total. The van der Waals surface area contributed by atoms with Crippen LogP contribution in [0.3, 0.4) is 0 Å². The Hall–Kier alpha value is -0.970. The van der Waals surface area contributed by atoms with Crippen LogP contribution in [0.5, 0.6) is 0 Å². The number of carbonyl (C=O) groups is 1. The van der Waals surface area contributed by atoms with Gasteiger partial charge in [0.2, 0.25) is 6.41 Å². The maximum atomic E-state index is 12.8. The molecule has 1 aromatic carbocycles. The van der Waals surface area contributed by atoms with Crippen LogP contribution in [0.2, 0.25) is 0 Å². The van der Waals surface area contributed by atoms with E-state index in [1.54, 1.807) is 0 Å². The number of hydrogen-bond donors (Lipinski definition) is 1. The first kappa shape index (κ1) is 9.12. The minimum absolute atomic E-state index is 0.0635. The van der Waals surface area contributed by atoms with Crippen LogP contribution in [0.4, 0.5) is 14.5 Å². The molecule has 1 amide bonds. The molecule has 0 aliphatic carbocycles. The molecule has 1 aromatic rings. The lowest BCUT2D eigenvalue weighted by molar-refractivity contribution is -0.105. The molecule has 0 unspecified atom stereocenters. The van der Waals surface area contributed by atoms with Gasteiger partial charge in [-0.2, -0.15) is 0 Å². The minimum Gasteiger partial charge on any atom is -0.325 e. The average molecular weight is 236 g/mol. The summed E-state index contributed by atoms with van der Waals surface area (Å²) in [5.74, 6) is -1.51. The van der Waals surface area contributed by atoms with Crippen LogP contribution >= 0.6 is 15.9 Å². The third-order valence-electron chi connectivity index (χ3n) is 1.21. The van der Waals surface area contributed by atoms with E-state index in [0.717, 1.165) is 6.07 Å². The number of carbonyl (C=O) groups excluding carboxylic acids is 1. The third-order valence-corrected chi connectivity index (χ3v) is 1.84. The average Bonchev–Trinajstić information content (AvgIpc) is 1.96. The number of hydrogen-bond acceptors (Lipinski definition) is 1. The summed E-state index contributed by atoms with van der Waals surface area (Å²) in [6.45, 7) is 0. The second kappa shape index (κ2) is 3.62. The van der Waals surface area contributed by atoms with Crippen molar-refractivity contribution in [2.75, 3.05) is 5.32 Å². The largest absolute Gasteiger partial charge is 0.325 e. The van der Waals surface area contributed by atoms with Gasteiger partial charge in [0.25, 0.3) is 0 Å². The van der Waals surface area contributed by atoms with Crippen LogP contribution in [-0.2, 0) is 4.79 Å².